The van der Waals surface area contributed by atoms with Gasteiger partial charge in [-0.05, 0) is 31.4 Å². The normalized spacial score (nSPS) is 12.2. The largest absolute Gasteiger partial charge is 0.490 e. The lowest BCUT2D eigenvalue weighted by Gasteiger charge is -2.16. The van der Waals surface area contributed by atoms with Gasteiger partial charge in [-0.3, -0.25) is 0 Å². The Morgan fingerprint density at radius 2 is 2.29 bits per heavy atom. The summed E-state index contributed by atoms with van der Waals surface area (Å²) in [6.45, 7) is 5.77. The second kappa shape index (κ2) is 7.90. The van der Waals surface area contributed by atoms with Gasteiger partial charge in [-0.25, -0.2) is 4.98 Å². The lowest BCUT2D eigenvalue weighted by molar-refractivity contribution is 0.258. The van der Waals surface area contributed by atoms with Crippen molar-refractivity contribution in [1.82, 2.24) is 4.98 Å². The van der Waals surface area contributed by atoms with Crippen molar-refractivity contribution in [3.8, 4) is 5.75 Å². The van der Waals surface area contributed by atoms with E-state index < -0.39 is 0 Å². The molecule has 0 spiro atoms. The van der Waals surface area contributed by atoms with E-state index in [0.29, 0.717) is 12.5 Å². The zero-order chi connectivity index (χ0) is 12.5. The molecule has 17 heavy (non-hydrogen) atoms. The lowest BCUT2D eigenvalue weighted by Crippen LogP contribution is -2.16. The second-order valence-corrected chi connectivity index (χ2v) is 3.95. The minimum absolute atomic E-state index is 0.237. The van der Waals surface area contributed by atoms with Gasteiger partial charge in [0.25, 0.3) is 0 Å². The summed E-state index contributed by atoms with van der Waals surface area (Å²) in [5, 5.41) is 12.2. The number of aromatic nitrogens is 1. The highest BCUT2D eigenvalue weighted by molar-refractivity contribution is 5.49. The Labute approximate surface area is 103 Å². The molecule has 4 nitrogen and oxygen atoms in total. The number of aliphatic hydroxyl groups excluding tert-OH is 1. The molecule has 0 aliphatic rings. The van der Waals surface area contributed by atoms with Gasteiger partial charge in [-0.2, -0.15) is 0 Å². The van der Waals surface area contributed by atoms with Crippen LogP contribution in [0.1, 0.15) is 26.7 Å². The molecule has 1 aromatic rings. The van der Waals surface area contributed by atoms with Gasteiger partial charge >= 0.3 is 0 Å². The highest BCUT2D eigenvalue weighted by Gasteiger charge is 2.08. The Morgan fingerprint density at radius 1 is 1.47 bits per heavy atom. The number of ether oxygens (including phenoxy) is 1. The van der Waals surface area contributed by atoms with Crippen LogP contribution in [0.25, 0.3) is 0 Å². The molecule has 0 aliphatic carbocycles. The monoisotopic (exact) mass is 238 g/mol. The number of hydrogen-bond acceptors (Lipinski definition) is 4. The predicted octanol–water partition coefficient (Wildman–Crippen LogP) is 2.30. The van der Waals surface area contributed by atoms with Gasteiger partial charge in [0.2, 0.25) is 0 Å². The minimum Gasteiger partial charge on any atom is -0.490 e. The number of aliphatic hydroxyl groups is 1. The SMILES string of the molecule is CCOc1cccnc1NCC(CC)CCO. The quantitative estimate of drug-likeness (QED) is 0.729. The van der Waals surface area contributed by atoms with Crippen LogP contribution in [0.4, 0.5) is 5.82 Å². The predicted molar refractivity (Wildman–Crippen MR) is 69.4 cm³/mol. The summed E-state index contributed by atoms with van der Waals surface area (Å²) in [6, 6.07) is 3.77. The number of nitrogens with one attached hydrogen (secondary N) is 1. The highest BCUT2D eigenvalue weighted by Crippen LogP contribution is 2.21. The summed E-state index contributed by atoms with van der Waals surface area (Å²) in [4.78, 5) is 4.27. The first-order chi connectivity index (χ1) is 8.31. The molecular formula is C13H22N2O2. The molecule has 0 amide bonds. The summed E-state index contributed by atoms with van der Waals surface area (Å²) >= 11 is 0. The smallest absolute Gasteiger partial charge is 0.168 e. The van der Waals surface area contributed by atoms with Crippen molar-refractivity contribution in [2.24, 2.45) is 5.92 Å². The summed E-state index contributed by atoms with van der Waals surface area (Å²) in [7, 11) is 0. The Morgan fingerprint density at radius 3 is 2.94 bits per heavy atom. The van der Waals surface area contributed by atoms with E-state index in [-0.39, 0.29) is 6.61 Å². The van der Waals surface area contributed by atoms with Crippen LogP contribution >= 0.6 is 0 Å². The molecule has 1 atom stereocenters. The third-order valence-corrected chi connectivity index (χ3v) is 2.74. The molecule has 1 aromatic heterocycles. The first kappa shape index (κ1) is 13.8. The van der Waals surface area contributed by atoms with Crippen LogP contribution in [0.5, 0.6) is 5.75 Å². The van der Waals surface area contributed by atoms with Crippen molar-refractivity contribution < 1.29 is 9.84 Å². The number of rotatable bonds is 8. The third kappa shape index (κ3) is 4.61. The first-order valence-electron chi connectivity index (χ1n) is 6.24. The summed E-state index contributed by atoms with van der Waals surface area (Å²) in [6.07, 6.45) is 3.61. The topological polar surface area (TPSA) is 54.4 Å². The standard InChI is InChI=1S/C13H22N2O2/c1-3-11(7-9-16)10-15-13-12(17-4-2)6-5-8-14-13/h5-6,8,11,16H,3-4,7,9-10H2,1-2H3,(H,14,15). The van der Waals surface area contributed by atoms with Gasteiger partial charge in [-0.15, -0.1) is 0 Å². The Hall–Kier alpha value is -1.29. The van der Waals surface area contributed by atoms with E-state index in [2.05, 4.69) is 17.2 Å². The molecule has 0 fully saturated rings. The molecule has 96 valence electrons. The zero-order valence-corrected chi connectivity index (χ0v) is 10.6. The van der Waals surface area contributed by atoms with Crippen molar-refractivity contribution in [2.75, 3.05) is 25.1 Å². The highest BCUT2D eigenvalue weighted by atomic mass is 16.5. The maximum Gasteiger partial charge on any atom is 0.168 e. The van der Waals surface area contributed by atoms with Gasteiger partial charge in [0.05, 0.1) is 6.61 Å². The Bertz CT molecular complexity index is 318. The molecule has 1 unspecified atom stereocenters. The number of nitrogens with zero attached hydrogens (tertiary/aromatic N) is 1. The van der Waals surface area contributed by atoms with E-state index in [9.17, 15) is 0 Å². The van der Waals surface area contributed by atoms with Crippen molar-refractivity contribution >= 4 is 5.82 Å². The molecule has 0 saturated carbocycles. The third-order valence-electron chi connectivity index (χ3n) is 2.74. The maximum atomic E-state index is 8.94. The fraction of sp³-hybridized carbons (Fsp3) is 0.615. The second-order valence-electron chi connectivity index (χ2n) is 3.95. The van der Waals surface area contributed by atoms with Crippen LogP contribution in [-0.2, 0) is 0 Å². The Balaban J connectivity index is 2.55. The van der Waals surface area contributed by atoms with E-state index in [1.807, 2.05) is 19.1 Å². The molecule has 1 heterocycles. The van der Waals surface area contributed by atoms with Gasteiger partial charge in [-0.1, -0.05) is 13.3 Å². The van der Waals surface area contributed by atoms with Crippen LogP contribution in [-0.4, -0.2) is 29.8 Å². The fourth-order valence-corrected chi connectivity index (χ4v) is 1.67. The van der Waals surface area contributed by atoms with Crippen molar-refractivity contribution in [3.63, 3.8) is 0 Å². The minimum atomic E-state index is 0.237. The van der Waals surface area contributed by atoms with Crippen LogP contribution in [0.3, 0.4) is 0 Å². The van der Waals surface area contributed by atoms with Gasteiger partial charge < -0.3 is 15.2 Å². The molecular weight excluding hydrogens is 216 g/mol. The van der Waals surface area contributed by atoms with E-state index in [1.54, 1.807) is 6.20 Å². The molecule has 0 bridgehead atoms. The first-order valence-corrected chi connectivity index (χ1v) is 6.24. The van der Waals surface area contributed by atoms with Crippen LogP contribution in [0.2, 0.25) is 0 Å². The number of pyridine rings is 1. The van der Waals surface area contributed by atoms with Crippen LogP contribution in [0.15, 0.2) is 18.3 Å². The number of anilines is 1. The summed E-state index contributed by atoms with van der Waals surface area (Å²) < 4.78 is 5.49. The van der Waals surface area contributed by atoms with E-state index in [0.717, 1.165) is 31.0 Å². The van der Waals surface area contributed by atoms with Gasteiger partial charge in [0.1, 0.15) is 0 Å². The average Bonchev–Trinajstić information content (AvgIpc) is 2.36. The molecule has 0 aliphatic heterocycles. The lowest BCUT2D eigenvalue weighted by atomic mass is 10.0. The molecule has 2 N–H and O–H groups in total. The van der Waals surface area contributed by atoms with Crippen molar-refractivity contribution in [3.05, 3.63) is 18.3 Å². The molecule has 0 aromatic carbocycles. The molecule has 4 heteroatoms. The Kier molecular flexibility index (Phi) is 6.40. The van der Waals surface area contributed by atoms with Gasteiger partial charge in [0.15, 0.2) is 11.6 Å². The number of hydrogen-bond donors (Lipinski definition) is 2. The van der Waals surface area contributed by atoms with E-state index >= 15 is 0 Å². The zero-order valence-electron chi connectivity index (χ0n) is 10.6. The van der Waals surface area contributed by atoms with Gasteiger partial charge in [0, 0.05) is 19.3 Å². The summed E-state index contributed by atoms with van der Waals surface area (Å²) in [5.74, 6) is 2.04. The maximum absolute atomic E-state index is 8.94. The van der Waals surface area contributed by atoms with Crippen molar-refractivity contribution in [2.45, 2.75) is 26.7 Å². The van der Waals surface area contributed by atoms with Crippen molar-refractivity contribution in [1.29, 1.82) is 0 Å². The molecule has 1 rings (SSSR count). The molecule has 0 radical (unpaired) electrons. The van der Waals surface area contributed by atoms with E-state index in [1.165, 1.54) is 0 Å². The molecule has 0 saturated heterocycles. The fourth-order valence-electron chi connectivity index (χ4n) is 1.67. The summed E-state index contributed by atoms with van der Waals surface area (Å²) in [5.41, 5.74) is 0. The average molecular weight is 238 g/mol. The van der Waals surface area contributed by atoms with E-state index in [4.69, 9.17) is 9.84 Å². The van der Waals surface area contributed by atoms with Crippen LogP contribution in [0, 0.1) is 5.92 Å². The van der Waals surface area contributed by atoms with Crippen LogP contribution < -0.4 is 10.1 Å².